The molecule has 1 aromatic rings. The first kappa shape index (κ1) is 14.5. The molecule has 0 aromatic carbocycles. The van der Waals surface area contributed by atoms with Gasteiger partial charge in [-0.15, -0.1) is 0 Å². The van der Waals surface area contributed by atoms with Gasteiger partial charge in [0.25, 0.3) is 0 Å². The lowest BCUT2D eigenvalue weighted by molar-refractivity contribution is -0.384. The molecule has 0 radical (unpaired) electrons. The van der Waals surface area contributed by atoms with Crippen LogP contribution in [0.3, 0.4) is 0 Å². The van der Waals surface area contributed by atoms with E-state index in [0.717, 1.165) is 0 Å². The first-order chi connectivity index (χ1) is 9.41. The Morgan fingerprint density at radius 3 is 2.80 bits per heavy atom. The Morgan fingerprint density at radius 1 is 1.50 bits per heavy atom. The van der Waals surface area contributed by atoms with Crippen molar-refractivity contribution < 1.29 is 13.3 Å². The molecule has 1 saturated heterocycles. The quantitative estimate of drug-likeness (QED) is 0.616. The van der Waals surface area contributed by atoms with E-state index in [1.54, 1.807) is 0 Å². The van der Waals surface area contributed by atoms with Gasteiger partial charge >= 0.3 is 5.69 Å². The number of sulfone groups is 1. The highest BCUT2D eigenvalue weighted by Crippen LogP contribution is 2.26. The molecule has 1 atom stereocenters. The maximum absolute atomic E-state index is 11.4. The zero-order valence-corrected chi connectivity index (χ0v) is 11.8. The van der Waals surface area contributed by atoms with Crippen LogP contribution in [0.2, 0.25) is 0 Å². The van der Waals surface area contributed by atoms with Crippen molar-refractivity contribution in [1.82, 2.24) is 4.98 Å². The highest BCUT2D eigenvalue weighted by Gasteiger charge is 2.30. The number of anilines is 2. The maximum Gasteiger partial charge on any atom is 0.311 e. The Balaban J connectivity index is 2.24. The maximum atomic E-state index is 11.4. The van der Waals surface area contributed by atoms with Gasteiger partial charge in [-0.1, -0.05) is 0 Å². The van der Waals surface area contributed by atoms with Crippen molar-refractivity contribution >= 4 is 27.2 Å². The van der Waals surface area contributed by atoms with Crippen LogP contribution < -0.4 is 10.6 Å². The molecule has 8 nitrogen and oxygen atoms in total. The first-order valence-corrected chi connectivity index (χ1v) is 8.09. The SMILES string of the molecule is CCNc1ccc([N+](=O)[O-])c(NC2CCS(=O)(=O)C2)n1. The molecule has 1 unspecified atom stereocenters. The number of nitrogens with zero attached hydrogens (tertiary/aromatic N) is 2. The Bertz CT molecular complexity index is 617. The van der Waals surface area contributed by atoms with Crippen molar-refractivity contribution in [2.24, 2.45) is 0 Å². The Morgan fingerprint density at radius 2 is 2.25 bits per heavy atom. The van der Waals surface area contributed by atoms with Crippen LogP contribution in [0.5, 0.6) is 0 Å². The monoisotopic (exact) mass is 300 g/mol. The van der Waals surface area contributed by atoms with Crippen LogP contribution in [0.25, 0.3) is 0 Å². The number of rotatable bonds is 5. The fraction of sp³-hybridized carbons (Fsp3) is 0.545. The lowest BCUT2D eigenvalue weighted by Gasteiger charge is -2.13. The van der Waals surface area contributed by atoms with Crippen molar-refractivity contribution in [1.29, 1.82) is 0 Å². The van der Waals surface area contributed by atoms with E-state index in [-0.39, 0.29) is 29.1 Å². The zero-order chi connectivity index (χ0) is 14.8. The minimum Gasteiger partial charge on any atom is -0.370 e. The molecular formula is C11H16N4O4S. The van der Waals surface area contributed by atoms with Crippen LogP contribution in [-0.2, 0) is 9.84 Å². The summed E-state index contributed by atoms with van der Waals surface area (Å²) in [5, 5.41) is 16.8. The second-order valence-corrected chi connectivity index (χ2v) is 6.82. The Kier molecular flexibility index (Phi) is 4.07. The fourth-order valence-corrected chi connectivity index (χ4v) is 3.76. The third kappa shape index (κ3) is 3.35. The normalized spacial score (nSPS) is 20.6. The van der Waals surface area contributed by atoms with Crippen molar-refractivity contribution in [3.63, 3.8) is 0 Å². The minimum absolute atomic E-state index is 0.0166. The number of aromatic nitrogens is 1. The summed E-state index contributed by atoms with van der Waals surface area (Å²) in [6.07, 6.45) is 0.437. The molecule has 0 saturated carbocycles. The van der Waals surface area contributed by atoms with E-state index >= 15 is 0 Å². The summed E-state index contributed by atoms with van der Waals surface area (Å²) in [4.78, 5) is 14.6. The fourth-order valence-electron chi connectivity index (χ4n) is 2.09. The molecule has 110 valence electrons. The average molecular weight is 300 g/mol. The van der Waals surface area contributed by atoms with E-state index in [4.69, 9.17) is 0 Å². The van der Waals surface area contributed by atoms with Crippen LogP contribution >= 0.6 is 0 Å². The summed E-state index contributed by atoms with van der Waals surface area (Å²) in [5.41, 5.74) is -0.157. The topological polar surface area (TPSA) is 114 Å². The minimum atomic E-state index is -3.04. The van der Waals surface area contributed by atoms with Crippen LogP contribution in [0.4, 0.5) is 17.3 Å². The van der Waals surface area contributed by atoms with E-state index in [2.05, 4.69) is 15.6 Å². The largest absolute Gasteiger partial charge is 0.370 e. The molecule has 20 heavy (non-hydrogen) atoms. The summed E-state index contributed by atoms with van der Waals surface area (Å²) < 4.78 is 22.8. The molecule has 9 heteroatoms. The summed E-state index contributed by atoms with van der Waals surface area (Å²) in [7, 11) is -3.04. The van der Waals surface area contributed by atoms with Gasteiger partial charge in [0, 0.05) is 18.7 Å². The van der Waals surface area contributed by atoms with E-state index in [1.807, 2.05) is 6.92 Å². The molecule has 0 bridgehead atoms. The zero-order valence-electron chi connectivity index (χ0n) is 11.0. The predicted molar refractivity (Wildman–Crippen MR) is 75.7 cm³/mol. The van der Waals surface area contributed by atoms with Gasteiger partial charge in [-0.2, -0.15) is 0 Å². The molecule has 0 spiro atoms. The number of nitro groups is 1. The van der Waals surface area contributed by atoms with Crippen LogP contribution in [0.1, 0.15) is 13.3 Å². The van der Waals surface area contributed by atoms with Gasteiger partial charge in [0.05, 0.1) is 16.4 Å². The molecule has 2 N–H and O–H groups in total. The van der Waals surface area contributed by atoms with Gasteiger partial charge in [0.1, 0.15) is 5.82 Å². The van der Waals surface area contributed by atoms with Crippen LogP contribution in [0, 0.1) is 10.1 Å². The summed E-state index contributed by atoms with van der Waals surface area (Å²) in [5.74, 6) is 0.708. The molecule has 0 aliphatic carbocycles. The van der Waals surface area contributed by atoms with Crippen LogP contribution in [-0.4, -0.2) is 42.4 Å². The molecule has 2 heterocycles. The van der Waals surface area contributed by atoms with Gasteiger partial charge in [-0.05, 0) is 19.4 Å². The lowest BCUT2D eigenvalue weighted by Crippen LogP contribution is -2.22. The summed E-state index contributed by atoms with van der Waals surface area (Å²) in [6, 6.07) is 2.55. The molecule has 1 aliphatic rings. The van der Waals surface area contributed by atoms with Gasteiger partial charge < -0.3 is 10.6 Å². The molecular weight excluding hydrogens is 284 g/mol. The Hall–Kier alpha value is -1.90. The van der Waals surface area contributed by atoms with Gasteiger partial charge in [-0.25, -0.2) is 13.4 Å². The molecule has 1 fully saturated rings. The standard InChI is InChI=1S/C11H16N4O4S/c1-2-12-10-4-3-9(15(16)17)11(14-10)13-8-5-6-20(18,19)7-8/h3-4,8H,2,5-7H2,1H3,(H2,12,13,14). The second kappa shape index (κ2) is 5.61. The number of hydrogen-bond acceptors (Lipinski definition) is 7. The highest BCUT2D eigenvalue weighted by molar-refractivity contribution is 7.91. The molecule has 1 aromatic heterocycles. The van der Waals surface area contributed by atoms with Crippen molar-refractivity contribution in [3.05, 3.63) is 22.2 Å². The van der Waals surface area contributed by atoms with Crippen LogP contribution in [0.15, 0.2) is 12.1 Å². The summed E-state index contributed by atoms with van der Waals surface area (Å²) >= 11 is 0. The highest BCUT2D eigenvalue weighted by atomic mass is 32.2. The van der Waals surface area contributed by atoms with Gasteiger partial charge in [0.15, 0.2) is 9.84 Å². The number of nitrogens with one attached hydrogen (secondary N) is 2. The first-order valence-electron chi connectivity index (χ1n) is 6.27. The molecule has 2 rings (SSSR count). The van der Waals surface area contributed by atoms with E-state index in [9.17, 15) is 18.5 Å². The summed E-state index contributed by atoms with van der Waals surface area (Å²) in [6.45, 7) is 2.53. The number of hydrogen-bond donors (Lipinski definition) is 2. The van der Waals surface area contributed by atoms with Crippen molar-refractivity contribution in [2.75, 3.05) is 28.7 Å². The molecule has 0 amide bonds. The van der Waals surface area contributed by atoms with E-state index in [1.165, 1.54) is 12.1 Å². The third-order valence-corrected chi connectivity index (χ3v) is 4.77. The van der Waals surface area contributed by atoms with Crippen molar-refractivity contribution in [3.8, 4) is 0 Å². The average Bonchev–Trinajstić information content (AvgIpc) is 2.69. The third-order valence-electron chi connectivity index (χ3n) is 3.00. The number of pyridine rings is 1. The molecule has 1 aliphatic heterocycles. The predicted octanol–water partition coefficient (Wildman–Crippen LogP) is 1.02. The van der Waals surface area contributed by atoms with E-state index in [0.29, 0.717) is 18.8 Å². The smallest absolute Gasteiger partial charge is 0.311 e. The van der Waals surface area contributed by atoms with E-state index < -0.39 is 14.8 Å². The van der Waals surface area contributed by atoms with Gasteiger partial charge in [-0.3, -0.25) is 10.1 Å². The van der Waals surface area contributed by atoms with Crippen molar-refractivity contribution in [2.45, 2.75) is 19.4 Å². The lowest BCUT2D eigenvalue weighted by atomic mass is 10.2. The second-order valence-electron chi connectivity index (χ2n) is 4.60. The van der Waals surface area contributed by atoms with Gasteiger partial charge in [0.2, 0.25) is 5.82 Å². The Labute approximate surface area is 116 Å².